The Balaban J connectivity index is 1.40. The lowest BCUT2D eigenvalue weighted by Gasteiger charge is -2.28. The van der Waals surface area contributed by atoms with Crippen molar-refractivity contribution in [1.29, 1.82) is 0 Å². The molecule has 0 unspecified atom stereocenters. The second kappa shape index (κ2) is 14.3. The van der Waals surface area contributed by atoms with Crippen LogP contribution in [0.3, 0.4) is 0 Å². The molecule has 12 heteroatoms. The highest BCUT2D eigenvalue weighted by molar-refractivity contribution is 7.90. The third-order valence-corrected chi connectivity index (χ3v) is 9.22. The number of nitrogens with zero attached hydrogens (tertiary/aromatic N) is 1. The average Bonchev–Trinajstić information content (AvgIpc) is 3.15. The molecule has 0 bridgehead atoms. The maximum atomic E-state index is 14.3. The summed E-state index contributed by atoms with van der Waals surface area (Å²) < 4.78 is 27.4. The van der Waals surface area contributed by atoms with Gasteiger partial charge in [-0.2, -0.15) is 0 Å². The van der Waals surface area contributed by atoms with Gasteiger partial charge in [0.2, 0.25) is 11.8 Å². The molecule has 0 radical (unpaired) electrons. The summed E-state index contributed by atoms with van der Waals surface area (Å²) in [5, 5.41) is 8.38. The molecule has 4 N–H and O–H groups in total. The van der Waals surface area contributed by atoms with Gasteiger partial charge in [-0.05, 0) is 87.2 Å². The number of urea groups is 1. The lowest BCUT2D eigenvalue weighted by Crippen LogP contribution is -2.53. The minimum absolute atomic E-state index is 0.00570. The first-order valence-corrected chi connectivity index (χ1v) is 17.3. The van der Waals surface area contributed by atoms with Crippen molar-refractivity contribution in [3.05, 3.63) is 125 Å². The molecule has 0 fully saturated rings. The van der Waals surface area contributed by atoms with Crippen molar-refractivity contribution in [2.45, 2.75) is 56.5 Å². The number of nitrogens with one attached hydrogen (secondary N) is 4. The number of benzene rings is 4. The maximum Gasteiger partial charge on any atom is 0.319 e. The molecule has 1 heterocycles. The van der Waals surface area contributed by atoms with E-state index in [2.05, 4.69) is 16.0 Å². The number of sulfonamides is 1. The molecule has 2 atom stereocenters. The lowest BCUT2D eigenvalue weighted by atomic mass is 9.85. The van der Waals surface area contributed by atoms with Gasteiger partial charge >= 0.3 is 6.03 Å². The topological polar surface area (TPSA) is 154 Å². The van der Waals surface area contributed by atoms with Crippen LogP contribution >= 0.6 is 0 Å². The van der Waals surface area contributed by atoms with Gasteiger partial charge in [0.25, 0.3) is 15.9 Å². The van der Waals surface area contributed by atoms with E-state index < -0.39 is 39.4 Å². The number of carbonyl (C=O) groups excluding carboxylic acids is 4. The van der Waals surface area contributed by atoms with Crippen LogP contribution in [0.5, 0.6) is 0 Å². The van der Waals surface area contributed by atoms with Gasteiger partial charge in [0, 0.05) is 28.4 Å². The summed E-state index contributed by atoms with van der Waals surface area (Å²) in [7, 11) is -4.12. The zero-order valence-electron chi connectivity index (χ0n) is 27.7. The summed E-state index contributed by atoms with van der Waals surface area (Å²) in [4.78, 5) is 55.1. The van der Waals surface area contributed by atoms with Crippen LogP contribution in [0, 0.1) is 6.92 Å². The molecule has 1 aliphatic heterocycles. The molecule has 4 aromatic carbocycles. The van der Waals surface area contributed by atoms with Gasteiger partial charge in [-0.3, -0.25) is 14.4 Å². The van der Waals surface area contributed by atoms with Gasteiger partial charge in [0.05, 0.1) is 4.90 Å². The minimum atomic E-state index is -4.12. The Kier molecular flexibility index (Phi) is 10.2. The zero-order chi connectivity index (χ0) is 35.3. The van der Waals surface area contributed by atoms with Crippen LogP contribution in [-0.2, 0) is 19.6 Å². The van der Waals surface area contributed by atoms with E-state index in [1.54, 1.807) is 18.2 Å². The Bertz CT molecular complexity index is 1980. The molecule has 11 nitrogen and oxygen atoms in total. The summed E-state index contributed by atoms with van der Waals surface area (Å²) in [6.45, 7) is 7.22. The summed E-state index contributed by atoms with van der Waals surface area (Å²) in [5.74, 6) is -1.97. The van der Waals surface area contributed by atoms with E-state index in [1.807, 2.05) is 80.9 Å². The summed E-state index contributed by atoms with van der Waals surface area (Å²) >= 11 is 0. The number of hydrogen-bond donors (Lipinski definition) is 4. The quantitative estimate of drug-likeness (QED) is 0.203. The third-order valence-electron chi connectivity index (χ3n) is 7.87. The maximum absolute atomic E-state index is 14.3. The number of carbonyl (C=O) groups is 4. The predicted molar refractivity (Wildman–Crippen MR) is 188 cm³/mol. The van der Waals surface area contributed by atoms with Crippen molar-refractivity contribution >= 4 is 45.2 Å². The Morgan fingerprint density at radius 3 is 2.20 bits per heavy atom. The molecule has 4 aromatic rings. The SMILES string of the molecule is Cc1ccc2c(c1)N(CC(=O)NC(C)(C)C)C(=O)[C@H](NC(=O)Nc1cccc(C(=O)NS(=O)(=O)c3ccccc3)c1)C[C@@H]2c1ccccc1. The average molecular weight is 682 g/mol. The Morgan fingerprint density at radius 1 is 0.857 bits per heavy atom. The second-order valence-corrected chi connectivity index (χ2v) is 14.6. The molecule has 0 saturated carbocycles. The Hall–Kier alpha value is -5.49. The Morgan fingerprint density at radius 2 is 1.53 bits per heavy atom. The van der Waals surface area contributed by atoms with E-state index in [9.17, 15) is 27.6 Å². The predicted octanol–water partition coefficient (Wildman–Crippen LogP) is 5.09. The third kappa shape index (κ3) is 8.71. The van der Waals surface area contributed by atoms with E-state index in [1.165, 1.54) is 41.3 Å². The van der Waals surface area contributed by atoms with Crippen LogP contribution in [0.1, 0.15) is 60.2 Å². The normalized spacial score (nSPS) is 16.2. The number of anilines is 2. The van der Waals surface area contributed by atoms with Gasteiger partial charge < -0.3 is 20.9 Å². The van der Waals surface area contributed by atoms with E-state index in [4.69, 9.17) is 0 Å². The molecule has 0 aliphatic carbocycles. The largest absolute Gasteiger partial charge is 0.350 e. The first-order valence-electron chi connectivity index (χ1n) is 15.8. The first-order chi connectivity index (χ1) is 23.2. The smallest absolute Gasteiger partial charge is 0.319 e. The minimum Gasteiger partial charge on any atom is -0.350 e. The van der Waals surface area contributed by atoms with Crippen LogP contribution in [0.2, 0.25) is 0 Å². The molecular formula is C37H39N5O6S. The van der Waals surface area contributed by atoms with E-state index in [0.717, 1.165) is 16.7 Å². The van der Waals surface area contributed by atoms with Gasteiger partial charge in [-0.15, -0.1) is 0 Å². The van der Waals surface area contributed by atoms with Crippen molar-refractivity contribution in [2.24, 2.45) is 0 Å². The number of amides is 5. The van der Waals surface area contributed by atoms with Crippen molar-refractivity contribution in [1.82, 2.24) is 15.4 Å². The van der Waals surface area contributed by atoms with Crippen molar-refractivity contribution < 1.29 is 27.6 Å². The van der Waals surface area contributed by atoms with Crippen molar-refractivity contribution in [3.8, 4) is 0 Å². The molecule has 0 aromatic heterocycles. The number of rotatable bonds is 8. The zero-order valence-corrected chi connectivity index (χ0v) is 28.5. The van der Waals surface area contributed by atoms with Crippen LogP contribution in [0.4, 0.5) is 16.2 Å². The van der Waals surface area contributed by atoms with Crippen LogP contribution < -0.4 is 25.6 Å². The van der Waals surface area contributed by atoms with E-state index >= 15 is 0 Å². The fraction of sp³-hybridized carbons (Fsp3) is 0.243. The number of hydrogen-bond acceptors (Lipinski definition) is 6. The molecule has 0 spiro atoms. The van der Waals surface area contributed by atoms with Crippen molar-refractivity contribution in [3.63, 3.8) is 0 Å². The molecular weight excluding hydrogens is 643 g/mol. The molecule has 0 saturated heterocycles. The monoisotopic (exact) mass is 681 g/mol. The highest BCUT2D eigenvalue weighted by Gasteiger charge is 2.38. The standard InChI is InChI=1S/C37H39N5O6S/c1-24-18-19-29-30(25-12-7-5-8-13-25)22-31(35(45)42(32(29)20-24)23-33(43)40-37(2,3)4)39-36(46)38-27-15-11-14-26(21-27)34(44)41-49(47,48)28-16-9-6-10-17-28/h5-21,30-31H,22-23H2,1-4H3,(H,40,43)(H,41,44)(H2,38,39,46)/t30-,31-/m1/s1. The summed E-state index contributed by atoms with van der Waals surface area (Å²) in [6, 6.07) is 27.0. The van der Waals surface area contributed by atoms with Gasteiger partial charge in [0.15, 0.2) is 0 Å². The summed E-state index contributed by atoms with van der Waals surface area (Å²) in [6.07, 6.45) is 0.212. The highest BCUT2D eigenvalue weighted by atomic mass is 32.2. The highest BCUT2D eigenvalue weighted by Crippen LogP contribution is 2.39. The molecule has 49 heavy (non-hydrogen) atoms. The molecule has 5 amide bonds. The molecule has 1 aliphatic rings. The van der Waals surface area contributed by atoms with Crippen molar-refractivity contribution in [2.75, 3.05) is 16.8 Å². The lowest BCUT2D eigenvalue weighted by molar-refractivity contribution is -0.125. The van der Waals surface area contributed by atoms with Gasteiger partial charge in [-0.1, -0.05) is 66.7 Å². The Labute approximate surface area is 286 Å². The summed E-state index contributed by atoms with van der Waals surface area (Å²) in [5.41, 5.74) is 2.96. The first kappa shape index (κ1) is 34.8. The van der Waals surface area contributed by atoms with Crippen LogP contribution in [0.15, 0.2) is 108 Å². The molecule has 254 valence electrons. The fourth-order valence-corrected chi connectivity index (χ4v) is 6.74. The second-order valence-electron chi connectivity index (χ2n) is 13.0. The van der Waals surface area contributed by atoms with E-state index in [-0.39, 0.29) is 40.9 Å². The fourth-order valence-electron chi connectivity index (χ4n) is 5.74. The van der Waals surface area contributed by atoms with E-state index in [0.29, 0.717) is 5.69 Å². The molecule has 5 rings (SSSR count). The number of fused-ring (bicyclic) bond motifs is 1. The van der Waals surface area contributed by atoms with Crippen LogP contribution in [0.25, 0.3) is 0 Å². The number of aryl methyl sites for hydroxylation is 1. The van der Waals surface area contributed by atoms with Crippen LogP contribution in [-0.4, -0.2) is 50.3 Å². The van der Waals surface area contributed by atoms with Gasteiger partial charge in [-0.25, -0.2) is 17.9 Å². The van der Waals surface area contributed by atoms with Gasteiger partial charge in [0.1, 0.15) is 12.6 Å².